The standard InChI is InChI=1S/C22H17N3O/c23-21-12-6-5-11-19(21)22(26)25-24-14-20-17-9-3-1-7-15(17)13-16-8-2-4-10-18(16)20/h1-14H,23H2,(H,25,26)/b24-14+. The molecular formula is C22H17N3O. The van der Waals surface area contributed by atoms with Crippen molar-refractivity contribution in [2.75, 3.05) is 5.73 Å². The van der Waals surface area contributed by atoms with Crippen molar-refractivity contribution in [3.63, 3.8) is 0 Å². The van der Waals surface area contributed by atoms with Gasteiger partial charge in [0, 0.05) is 11.3 Å². The highest BCUT2D eigenvalue weighted by Crippen LogP contribution is 2.27. The molecule has 0 atom stereocenters. The van der Waals surface area contributed by atoms with Crippen molar-refractivity contribution in [2.24, 2.45) is 5.10 Å². The second-order valence-corrected chi connectivity index (χ2v) is 6.02. The second kappa shape index (κ2) is 6.69. The SMILES string of the molecule is Nc1ccccc1C(=O)N/N=C/c1c2ccccc2cc2ccccc12. The predicted molar refractivity (Wildman–Crippen MR) is 107 cm³/mol. The number of fused-ring (bicyclic) bond motifs is 2. The fourth-order valence-electron chi connectivity index (χ4n) is 3.11. The lowest BCUT2D eigenvalue weighted by atomic mass is 9.97. The van der Waals surface area contributed by atoms with Gasteiger partial charge in [-0.15, -0.1) is 0 Å². The van der Waals surface area contributed by atoms with Gasteiger partial charge >= 0.3 is 0 Å². The lowest BCUT2D eigenvalue weighted by Crippen LogP contribution is -2.19. The van der Waals surface area contributed by atoms with E-state index in [1.165, 1.54) is 0 Å². The van der Waals surface area contributed by atoms with E-state index in [0.29, 0.717) is 11.3 Å². The van der Waals surface area contributed by atoms with Crippen LogP contribution in [0.15, 0.2) is 84.0 Å². The molecule has 126 valence electrons. The average molecular weight is 339 g/mol. The monoisotopic (exact) mass is 339 g/mol. The topological polar surface area (TPSA) is 67.5 Å². The molecule has 0 aliphatic carbocycles. The van der Waals surface area contributed by atoms with Gasteiger partial charge in [0.2, 0.25) is 0 Å². The number of hydrogen-bond donors (Lipinski definition) is 2. The molecule has 4 aromatic carbocycles. The summed E-state index contributed by atoms with van der Waals surface area (Å²) in [6, 6.07) is 25.4. The van der Waals surface area contributed by atoms with Gasteiger partial charge in [0.05, 0.1) is 11.8 Å². The predicted octanol–water partition coefficient (Wildman–Crippen LogP) is 4.34. The first-order valence-electron chi connectivity index (χ1n) is 8.32. The quantitative estimate of drug-likeness (QED) is 0.252. The number of carbonyl (C=O) groups excluding carboxylic acids is 1. The number of hydrazone groups is 1. The van der Waals surface area contributed by atoms with E-state index in [-0.39, 0.29) is 5.91 Å². The third-order valence-electron chi connectivity index (χ3n) is 4.38. The normalized spacial score (nSPS) is 11.2. The number of nitrogens with one attached hydrogen (secondary N) is 1. The maximum Gasteiger partial charge on any atom is 0.273 e. The minimum atomic E-state index is -0.330. The summed E-state index contributed by atoms with van der Waals surface area (Å²) in [6.07, 6.45) is 1.70. The highest BCUT2D eigenvalue weighted by molar-refractivity contribution is 6.13. The molecule has 0 saturated heterocycles. The van der Waals surface area contributed by atoms with Crippen LogP contribution in [0.4, 0.5) is 5.69 Å². The van der Waals surface area contributed by atoms with Crippen LogP contribution in [0, 0.1) is 0 Å². The maximum atomic E-state index is 12.3. The van der Waals surface area contributed by atoms with Crippen LogP contribution in [0.1, 0.15) is 15.9 Å². The molecule has 26 heavy (non-hydrogen) atoms. The summed E-state index contributed by atoms with van der Waals surface area (Å²) in [7, 11) is 0. The first kappa shape index (κ1) is 15.8. The number of hydrogen-bond acceptors (Lipinski definition) is 3. The molecule has 0 spiro atoms. The molecule has 0 aliphatic heterocycles. The molecule has 0 aliphatic rings. The van der Waals surface area contributed by atoms with Crippen LogP contribution in [0.5, 0.6) is 0 Å². The van der Waals surface area contributed by atoms with E-state index >= 15 is 0 Å². The van der Waals surface area contributed by atoms with E-state index in [1.54, 1.807) is 30.5 Å². The Morgan fingerprint density at radius 3 is 2.08 bits per heavy atom. The van der Waals surface area contributed by atoms with Gasteiger partial charge in [-0.3, -0.25) is 4.79 Å². The summed E-state index contributed by atoms with van der Waals surface area (Å²) in [5, 5.41) is 8.61. The molecule has 0 saturated carbocycles. The lowest BCUT2D eigenvalue weighted by molar-refractivity contribution is 0.0956. The Morgan fingerprint density at radius 2 is 1.42 bits per heavy atom. The molecule has 4 aromatic rings. The molecule has 3 N–H and O–H groups in total. The fraction of sp³-hybridized carbons (Fsp3) is 0. The van der Waals surface area contributed by atoms with E-state index < -0.39 is 0 Å². The zero-order valence-corrected chi connectivity index (χ0v) is 14.0. The maximum absolute atomic E-state index is 12.3. The van der Waals surface area contributed by atoms with Crippen molar-refractivity contribution in [3.8, 4) is 0 Å². The summed E-state index contributed by atoms with van der Waals surface area (Å²) in [4.78, 5) is 12.3. The third kappa shape index (κ3) is 2.89. The zero-order chi connectivity index (χ0) is 17.9. The first-order chi connectivity index (χ1) is 12.7. The average Bonchev–Trinajstić information content (AvgIpc) is 2.67. The number of nitrogen functional groups attached to an aromatic ring is 1. The minimum absolute atomic E-state index is 0.330. The number of anilines is 1. The molecule has 0 bridgehead atoms. The molecule has 4 heteroatoms. The van der Waals surface area contributed by atoms with E-state index in [9.17, 15) is 4.79 Å². The fourth-order valence-corrected chi connectivity index (χ4v) is 3.11. The Kier molecular flexibility index (Phi) is 4.07. The Morgan fingerprint density at radius 1 is 0.846 bits per heavy atom. The molecule has 0 radical (unpaired) electrons. The number of nitrogens with two attached hydrogens (primary N) is 1. The first-order valence-corrected chi connectivity index (χ1v) is 8.32. The van der Waals surface area contributed by atoms with Crippen LogP contribution in [-0.2, 0) is 0 Å². The van der Waals surface area contributed by atoms with Crippen LogP contribution in [0.3, 0.4) is 0 Å². The van der Waals surface area contributed by atoms with Crippen LogP contribution >= 0.6 is 0 Å². The molecule has 0 aromatic heterocycles. The third-order valence-corrected chi connectivity index (χ3v) is 4.38. The lowest BCUT2D eigenvalue weighted by Gasteiger charge is -2.08. The molecule has 1 amide bonds. The van der Waals surface area contributed by atoms with Crippen molar-refractivity contribution >= 4 is 39.4 Å². The van der Waals surface area contributed by atoms with Crippen molar-refractivity contribution in [1.29, 1.82) is 0 Å². The highest BCUT2D eigenvalue weighted by atomic mass is 16.2. The number of benzene rings is 4. The molecule has 4 nitrogen and oxygen atoms in total. The Hall–Kier alpha value is -3.66. The van der Waals surface area contributed by atoms with Gasteiger partial charge in [-0.25, -0.2) is 5.43 Å². The number of carbonyl (C=O) groups is 1. The van der Waals surface area contributed by atoms with Gasteiger partial charge in [-0.05, 0) is 39.7 Å². The molecule has 0 unspecified atom stereocenters. The molecule has 0 heterocycles. The minimum Gasteiger partial charge on any atom is -0.398 e. The number of nitrogens with zero attached hydrogens (tertiary/aromatic N) is 1. The molecular weight excluding hydrogens is 322 g/mol. The van der Waals surface area contributed by atoms with E-state index in [4.69, 9.17) is 5.73 Å². The smallest absolute Gasteiger partial charge is 0.273 e. The Bertz CT molecular complexity index is 1090. The van der Waals surface area contributed by atoms with E-state index in [2.05, 4.69) is 40.9 Å². The van der Waals surface area contributed by atoms with Gasteiger partial charge in [-0.2, -0.15) is 5.10 Å². The van der Waals surface area contributed by atoms with Gasteiger partial charge in [0.15, 0.2) is 0 Å². The van der Waals surface area contributed by atoms with Crippen LogP contribution in [-0.4, -0.2) is 12.1 Å². The van der Waals surface area contributed by atoms with Crippen LogP contribution in [0.25, 0.3) is 21.5 Å². The van der Waals surface area contributed by atoms with E-state index in [0.717, 1.165) is 27.1 Å². The van der Waals surface area contributed by atoms with Crippen LogP contribution in [0.2, 0.25) is 0 Å². The summed E-state index contributed by atoms with van der Waals surface area (Å²) in [6.45, 7) is 0. The van der Waals surface area contributed by atoms with Crippen molar-refractivity contribution < 1.29 is 4.79 Å². The number of rotatable bonds is 3. The largest absolute Gasteiger partial charge is 0.398 e. The number of para-hydroxylation sites is 1. The van der Waals surface area contributed by atoms with Crippen molar-refractivity contribution in [1.82, 2.24) is 5.43 Å². The summed E-state index contributed by atoms with van der Waals surface area (Å²) in [5.41, 5.74) is 10.2. The summed E-state index contributed by atoms with van der Waals surface area (Å²) >= 11 is 0. The molecule has 4 rings (SSSR count). The van der Waals surface area contributed by atoms with E-state index in [1.807, 2.05) is 24.3 Å². The van der Waals surface area contributed by atoms with Gasteiger partial charge in [0.1, 0.15) is 0 Å². The molecule has 0 fully saturated rings. The van der Waals surface area contributed by atoms with Crippen molar-refractivity contribution in [3.05, 3.63) is 90.0 Å². The second-order valence-electron chi connectivity index (χ2n) is 6.02. The van der Waals surface area contributed by atoms with Crippen LogP contribution < -0.4 is 11.2 Å². The Balaban J connectivity index is 1.73. The Labute approximate surface area is 150 Å². The summed E-state index contributed by atoms with van der Waals surface area (Å²) in [5.74, 6) is -0.330. The van der Waals surface area contributed by atoms with Gasteiger partial charge in [-0.1, -0.05) is 60.7 Å². The summed E-state index contributed by atoms with van der Waals surface area (Å²) < 4.78 is 0. The van der Waals surface area contributed by atoms with Gasteiger partial charge in [0.25, 0.3) is 5.91 Å². The number of amides is 1. The zero-order valence-electron chi connectivity index (χ0n) is 14.0. The van der Waals surface area contributed by atoms with Crippen molar-refractivity contribution in [2.45, 2.75) is 0 Å². The van der Waals surface area contributed by atoms with Gasteiger partial charge < -0.3 is 5.73 Å². The highest BCUT2D eigenvalue weighted by Gasteiger charge is 2.08.